The van der Waals surface area contributed by atoms with Crippen LogP contribution in [0.25, 0.3) is 0 Å². The van der Waals surface area contributed by atoms with E-state index in [4.69, 9.17) is 5.11 Å². The third-order valence-corrected chi connectivity index (χ3v) is 3.51. The van der Waals surface area contributed by atoms with Gasteiger partial charge >= 0.3 is 12.1 Å². The Balaban J connectivity index is 2.38. The van der Waals surface area contributed by atoms with E-state index in [0.29, 0.717) is 18.8 Å². The fourth-order valence-electron chi connectivity index (χ4n) is 2.48. The van der Waals surface area contributed by atoms with Crippen LogP contribution in [0.1, 0.15) is 41.6 Å². The normalized spacial score (nSPS) is 16.9. The van der Waals surface area contributed by atoms with Crippen LogP contribution in [0.15, 0.2) is 18.2 Å². The number of benzene rings is 1. The lowest BCUT2D eigenvalue weighted by Gasteiger charge is -2.24. The summed E-state index contributed by atoms with van der Waals surface area (Å²) in [4.78, 5) is 12.8. The molecule has 0 aromatic heterocycles. The average Bonchev–Trinajstić information content (AvgIpc) is 2.65. The second-order valence-corrected chi connectivity index (χ2v) is 4.93. The van der Waals surface area contributed by atoms with Gasteiger partial charge in [-0.05, 0) is 31.0 Å². The lowest BCUT2D eigenvalue weighted by atomic mass is 10.1. The van der Waals surface area contributed by atoms with Crippen LogP contribution in [0.3, 0.4) is 0 Å². The van der Waals surface area contributed by atoms with E-state index in [0.717, 1.165) is 37.8 Å². The Morgan fingerprint density at radius 2 is 1.70 bits per heavy atom. The number of hydrogen-bond donors (Lipinski definition) is 1. The topological polar surface area (TPSA) is 40.5 Å². The number of hydrogen-bond acceptors (Lipinski definition) is 2. The van der Waals surface area contributed by atoms with Crippen molar-refractivity contribution in [2.24, 2.45) is 0 Å². The molecule has 6 heteroatoms. The van der Waals surface area contributed by atoms with Gasteiger partial charge in [0.2, 0.25) is 0 Å². The Morgan fingerprint density at radius 3 is 2.20 bits per heavy atom. The van der Waals surface area contributed by atoms with Gasteiger partial charge in [-0.2, -0.15) is 13.2 Å². The number of halogens is 3. The van der Waals surface area contributed by atoms with E-state index in [1.165, 1.54) is 6.07 Å². The molecule has 0 bridgehead atoms. The van der Waals surface area contributed by atoms with Gasteiger partial charge in [0.25, 0.3) is 0 Å². The van der Waals surface area contributed by atoms with Crippen molar-refractivity contribution >= 4 is 11.7 Å². The average molecular weight is 287 g/mol. The first-order chi connectivity index (χ1) is 9.39. The molecule has 1 aliphatic heterocycles. The molecule has 0 unspecified atom stereocenters. The first-order valence-corrected chi connectivity index (χ1v) is 6.59. The summed E-state index contributed by atoms with van der Waals surface area (Å²) >= 11 is 0. The summed E-state index contributed by atoms with van der Waals surface area (Å²) in [5.41, 5.74) is -1.33. The molecule has 3 nitrogen and oxygen atoms in total. The van der Waals surface area contributed by atoms with Gasteiger partial charge < -0.3 is 10.0 Å². The maximum absolute atomic E-state index is 13.0. The Morgan fingerprint density at radius 1 is 1.10 bits per heavy atom. The van der Waals surface area contributed by atoms with Gasteiger partial charge in [-0.25, -0.2) is 4.79 Å². The molecule has 1 N–H and O–H groups in total. The van der Waals surface area contributed by atoms with Crippen LogP contribution in [0, 0.1) is 0 Å². The minimum Gasteiger partial charge on any atom is -0.478 e. The largest absolute Gasteiger partial charge is 0.478 e. The molecule has 1 aliphatic rings. The molecule has 0 atom stereocenters. The molecule has 1 fully saturated rings. The number of rotatable bonds is 2. The quantitative estimate of drug-likeness (QED) is 0.899. The van der Waals surface area contributed by atoms with Gasteiger partial charge in [-0.1, -0.05) is 12.8 Å². The van der Waals surface area contributed by atoms with Crippen molar-refractivity contribution in [1.82, 2.24) is 0 Å². The molecule has 1 aromatic carbocycles. The van der Waals surface area contributed by atoms with Crippen LogP contribution in [-0.2, 0) is 6.18 Å². The van der Waals surface area contributed by atoms with Crippen LogP contribution < -0.4 is 4.90 Å². The summed E-state index contributed by atoms with van der Waals surface area (Å²) in [6.07, 6.45) is -0.606. The molecule has 110 valence electrons. The van der Waals surface area contributed by atoms with Crippen molar-refractivity contribution in [3.8, 4) is 0 Å². The monoisotopic (exact) mass is 287 g/mol. The standard InChI is InChI=1S/C14H16F3NO2/c15-14(16,17)12-9-10(5-6-11(12)13(19)20)18-7-3-1-2-4-8-18/h5-6,9H,1-4,7-8H2,(H,19,20). The smallest absolute Gasteiger partial charge is 0.417 e. The molecule has 0 amide bonds. The number of alkyl halides is 3. The number of carboxylic acid groups (broad SMARTS) is 1. The van der Waals surface area contributed by atoms with Crippen LogP contribution >= 0.6 is 0 Å². The van der Waals surface area contributed by atoms with Crippen molar-refractivity contribution in [2.75, 3.05) is 18.0 Å². The van der Waals surface area contributed by atoms with Gasteiger partial charge in [0, 0.05) is 18.8 Å². The Bertz CT molecular complexity index is 492. The molecule has 0 radical (unpaired) electrons. The first kappa shape index (κ1) is 14.7. The summed E-state index contributed by atoms with van der Waals surface area (Å²) < 4.78 is 38.9. The van der Waals surface area contributed by atoms with Gasteiger partial charge in [0.15, 0.2) is 0 Å². The molecule has 0 saturated carbocycles. The highest BCUT2D eigenvalue weighted by Gasteiger charge is 2.36. The van der Waals surface area contributed by atoms with Crippen molar-refractivity contribution in [1.29, 1.82) is 0 Å². The third kappa shape index (κ3) is 3.23. The zero-order valence-electron chi connectivity index (χ0n) is 10.9. The summed E-state index contributed by atoms with van der Waals surface area (Å²) in [6.45, 7) is 1.42. The van der Waals surface area contributed by atoms with Crippen molar-refractivity contribution < 1.29 is 23.1 Å². The van der Waals surface area contributed by atoms with Gasteiger partial charge in [0.05, 0.1) is 11.1 Å². The molecular weight excluding hydrogens is 271 g/mol. The molecule has 2 rings (SSSR count). The number of nitrogens with zero attached hydrogens (tertiary/aromatic N) is 1. The minimum absolute atomic E-state index is 0.448. The lowest BCUT2D eigenvalue weighted by Crippen LogP contribution is -2.25. The minimum atomic E-state index is -4.66. The lowest BCUT2D eigenvalue weighted by molar-refractivity contribution is -0.138. The fraction of sp³-hybridized carbons (Fsp3) is 0.500. The summed E-state index contributed by atoms with van der Waals surface area (Å²) in [7, 11) is 0. The Kier molecular flexibility index (Phi) is 4.20. The van der Waals surface area contributed by atoms with Crippen molar-refractivity contribution in [2.45, 2.75) is 31.9 Å². The molecule has 0 aliphatic carbocycles. The Labute approximate surface area is 115 Å². The van der Waals surface area contributed by atoms with Crippen LogP contribution in [0.2, 0.25) is 0 Å². The highest BCUT2D eigenvalue weighted by atomic mass is 19.4. The Hall–Kier alpha value is -1.72. The first-order valence-electron chi connectivity index (χ1n) is 6.59. The summed E-state index contributed by atoms with van der Waals surface area (Å²) in [5, 5.41) is 8.86. The van der Waals surface area contributed by atoms with E-state index in [-0.39, 0.29) is 0 Å². The van der Waals surface area contributed by atoms with Crippen LogP contribution in [-0.4, -0.2) is 24.2 Å². The van der Waals surface area contributed by atoms with E-state index < -0.39 is 23.3 Å². The highest BCUT2D eigenvalue weighted by Crippen LogP contribution is 2.35. The van der Waals surface area contributed by atoms with Crippen LogP contribution in [0.4, 0.5) is 18.9 Å². The second kappa shape index (κ2) is 5.73. The van der Waals surface area contributed by atoms with Gasteiger partial charge in [-0.15, -0.1) is 0 Å². The number of anilines is 1. The second-order valence-electron chi connectivity index (χ2n) is 4.93. The van der Waals surface area contributed by atoms with Crippen LogP contribution in [0.5, 0.6) is 0 Å². The van der Waals surface area contributed by atoms with E-state index >= 15 is 0 Å². The van der Waals surface area contributed by atoms with Crippen molar-refractivity contribution in [3.63, 3.8) is 0 Å². The number of carboxylic acids is 1. The zero-order chi connectivity index (χ0) is 14.8. The van der Waals surface area contributed by atoms with E-state index in [2.05, 4.69) is 0 Å². The molecule has 1 heterocycles. The predicted octanol–water partition coefficient (Wildman–Crippen LogP) is 3.78. The molecule has 1 saturated heterocycles. The summed E-state index contributed by atoms with van der Waals surface area (Å²) in [6, 6.07) is 3.46. The van der Waals surface area contributed by atoms with Crippen molar-refractivity contribution in [3.05, 3.63) is 29.3 Å². The van der Waals surface area contributed by atoms with E-state index in [9.17, 15) is 18.0 Å². The molecule has 20 heavy (non-hydrogen) atoms. The number of aromatic carboxylic acids is 1. The predicted molar refractivity (Wildman–Crippen MR) is 69.1 cm³/mol. The molecule has 0 spiro atoms. The maximum atomic E-state index is 13.0. The maximum Gasteiger partial charge on any atom is 0.417 e. The molecule has 1 aromatic rings. The fourth-order valence-corrected chi connectivity index (χ4v) is 2.48. The number of carbonyl (C=O) groups is 1. The van der Waals surface area contributed by atoms with Gasteiger partial charge in [0.1, 0.15) is 0 Å². The molecular formula is C14H16F3NO2. The third-order valence-electron chi connectivity index (χ3n) is 3.51. The SMILES string of the molecule is O=C(O)c1ccc(N2CCCCCC2)cc1C(F)(F)F. The van der Waals surface area contributed by atoms with E-state index in [1.54, 1.807) is 0 Å². The zero-order valence-corrected chi connectivity index (χ0v) is 10.9. The summed E-state index contributed by atoms with van der Waals surface area (Å²) in [5.74, 6) is -1.56. The highest BCUT2D eigenvalue weighted by molar-refractivity contribution is 5.90. The van der Waals surface area contributed by atoms with Gasteiger partial charge in [-0.3, -0.25) is 0 Å². The van der Waals surface area contributed by atoms with E-state index in [1.807, 2.05) is 4.90 Å².